The fraction of sp³-hybridized carbons (Fsp3) is 0.393. The van der Waals surface area contributed by atoms with Gasteiger partial charge in [-0.15, -0.1) is 0 Å². The van der Waals surface area contributed by atoms with Crippen LogP contribution in [0, 0.1) is 0 Å². The molecule has 0 saturated heterocycles. The van der Waals surface area contributed by atoms with Crippen molar-refractivity contribution in [2.45, 2.75) is 65.2 Å². The third-order valence-corrected chi connectivity index (χ3v) is 6.86. The Morgan fingerprint density at radius 3 is 2.31 bits per heavy atom. The Morgan fingerprint density at radius 2 is 1.62 bits per heavy atom. The maximum atomic E-state index is 12.7. The van der Waals surface area contributed by atoms with E-state index >= 15 is 0 Å². The van der Waals surface area contributed by atoms with Gasteiger partial charge in [0.2, 0.25) is 0 Å². The van der Waals surface area contributed by atoms with E-state index in [0.29, 0.717) is 5.39 Å². The van der Waals surface area contributed by atoms with Gasteiger partial charge in [-0.2, -0.15) is 0 Å². The third-order valence-electron chi connectivity index (χ3n) is 6.86. The fourth-order valence-electron chi connectivity index (χ4n) is 3.71. The molecule has 4 nitrogen and oxygen atoms in total. The third kappa shape index (κ3) is 4.74. The molecule has 0 heterocycles. The number of hydrogen-bond donors (Lipinski definition) is 2. The molecule has 3 aromatic rings. The van der Waals surface area contributed by atoms with Gasteiger partial charge in [0.15, 0.2) is 6.73 Å². The van der Waals surface area contributed by atoms with Crippen LogP contribution in [0.2, 0.25) is 0 Å². The molecule has 170 valence electrons. The first kappa shape index (κ1) is 23.6. The Kier molecular flexibility index (Phi) is 6.82. The molecule has 1 amide bonds. The molecule has 3 rings (SSSR count). The maximum Gasteiger partial charge on any atom is 0.257 e. The molecule has 0 saturated carbocycles. The molecule has 0 bridgehead atoms. The van der Waals surface area contributed by atoms with E-state index in [0.717, 1.165) is 29.5 Å². The van der Waals surface area contributed by atoms with E-state index in [1.807, 2.05) is 30.3 Å². The van der Waals surface area contributed by atoms with Crippen LogP contribution >= 0.6 is 0 Å². The minimum absolute atomic E-state index is 0.0143. The standard InChI is InChI=1S/C28H35NO3/c1-7-27(3,4)20-14-16-24(23(17-20)28(5,6)8-2)32-18-29-26(31)22-15-13-19-11-9-10-12-21(19)25(22)30/h9-17,30H,7-8,18H2,1-6H3,(H,29,31). The fourth-order valence-corrected chi connectivity index (χ4v) is 3.71. The van der Waals surface area contributed by atoms with Crippen LogP contribution in [0.25, 0.3) is 10.8 Å². The summed E-state index contributed by atoms with van der Waals surface area (Å²) in [6.45, 7) is 13.3. The Labute approximate surface area is 191 Å². The minimum atomic E-state index is -0.367. The first-order valence-electron chi connectivity index (χ1n) is 11.4. The predicted octanol–water partition coefficient (Wildman–Crippen LogP) is 6.69. The summed E-state index contributed by atoms with van der Waals surface area (Å²) in [6.07, 6.45) is 2.02. The second kappa shape index (κ2) is 9.23. The molecule has 32 heavy (non-hydrogen) atoms. The molecule has 0 radical (unpaired) electrons. The molecule has 0 unspecified atom stereocenters. The highest BCUT2D eigenvalue weighted by atomic mass is 16.5. The van der Waals surface area contributed by atoms with E-state index in [-0.39, 0.29) is 34.8 Å². The van der Waals surface area contributed by atoms with Gasteiger partial charge >= 0.3 is 0 Å². The Hall–Kier alpha value is -3.01. The average molecular weight is 434 g/mol. The number of hydrogen-bond acceptors (Lipinski definition) is 3. The summed E-state index contributed by atoms with van der Waals surface area (Å²) in [5.74, 6) is 0.392. The molecule has 0 fully saturated rings. The van der Waals surface area contributed by atoms with E-state index in [1.54, 1.807) is 12.1 Å². The number of benzene rings is 3. The second-order valence-corrected chi connectivity index (χ2v) is 9.66. The van der Waals surface area contributed by atoms with Crippen molar-refractivity contribution < 1.29 is 14.6 Å². The summed E-state index contributed by atoms with van der Waals surface area (Å²) >= 11 is 0. The highest BCUT2D eigenvalue weighted by Gasteiger charge is 2.26. The highest BCUT2D eigenvalue weighted by Crippen LogP contribution is 2.38. The minimum Gasteiger partial charge on any atom is -0.506 e. The lowest BCUT2D eigenvalue weighted by atomic mass is 9.76. The molecule has 0 aromatic heterocycles. The largest absolute Gasteiger partial charge is 0.506 e. The normalized spacial score (nSPS) is 12.1. The first-order valence-corrected chi connectivity index (χ1v) is 11.4. The number of carbonyl (C=O) groups excluding carboxylic acids is 1. The zero-order valence-corrected chi connectivity index (χ0v) is 20.1. The van der Waals surface area contributed by atoms with Gasteiger partial charge in [-0.3, -0.25) is 4.79 Å². The van der Waals surface area contributed by atoms with E-state index < -0.39 is 0 Å². The summed E-state index contributed by atoms with van der Waals surface area (Å²) in [5.41, 5.74) is 2.69. The van der Waals surface area contributed by atoms with Gasteiger partial charge < -0.3 is 15.2 Å². The van der Waals surface area contributed by atoms with Crippen LogP contribution in [0.5, 0.6) is 11.5 Å². The van der Waals surface area contributed by atoms with Gasteiger partial charge in [-0.1, -0.05) is 84.0 Å². The molecule has 0 spiro atoms. The van der Waals surface area contributed by atoms with Gasteiger partial charge in [0.05, 0.1) is 5.56 Å². The lowest BCUT2D eigenvalue weighted by Crippen LogP contribution is -2.29. The number of fused-ring (bicyclic) bond motifs is 1. The lowest BCUT2D eigenvalue weighted by Gasteiger charge is -2.30. The van der Waals surface area contributed by atoms with E-state index in [9.17, 15) is 9.90 Å². The molecule has 0 aliphatic carbocycles. The van der Waals surface area contributed by atoms with Crippen molar-refractivity contribution in [3.8, 4) is 11.5 Å². The van der Waals surface area contributed by atoms with E-state index in [1.165, 1.54) is 5.56 Å². The van der Waals surface area contributed by atoms with Crippen molar-refractivity contribution in [2.75, 3.05) is 6.73 Å². The first-order chi connectivity index (χ1) is 15.1. The van der Waals surface area contributed by atoms with Crippen LogP contribution in [-0.2, 0) is 10.8 Å². The number of amides is 1. The number of rotatable bonds is 8. The Balaban J connectivity index is 1.79. The predicted molar refractivity (Wildman–Crippen MR) is 132 cm³/mol. The zero-order valence-electron chi connectivity index (χ0n) is 20.1. The van der Waals surface area contributed by atoms with Crippen LogP contribution < -0.4 is 10.1 Å². The van der Waals surface area contributed by atoms with Crippen LogP contribution in [0.15, 0.2) is 54.6 Å². The van der Waals surface area contributed by atoms with Crippen LogP contribution in [0.4, 0.5) is 0 Å². The summed E-state index contributed by atoms with van der Waals surface area (Å²) < 4.78 is 6.03. The van der Waals surface area contributed by atoms with Crippen molar-refractivity contribution in [1.29, 1.82) is 0 Å². The van der Waals surface area contributed by atoms with Crippen molar-refractivity contribution in [3.63, 3.8) is 0 Å². The van der Waals surface area contributed by atoms with Crippen molar-refractivity contribution in [2.24, 2.45) is 0 Å². The van der Waals surface area contributed by atoms with Crippen LogP contribution in [0.3, 0.4) is 0 Å². The smallest absolute Gasteiger partial charge is 0.257 e. The molecule has 0 aliphatic rings. The van der Waals surface area contributed by atoms with Gasteiger partial charge in [0, 0.05) is 10.9 Å². The van der Waals surface area contributed by atoms with Crippen molar-refractivity contribution in [1.82, 2.24) is 5.32 Å². The van der Waals surface area contributed by atoms with Crippen molar-refractivity contribution in [3.05, 3.63) is 71.3 Å². The number of aromatic hydroxyl groups is 1. The average Bonchev–Trinajstić information content (AvgIpc) is 2.79. The van der Waals surface area contributed by atoms with Crippen molar-refractivity contribution >= 4 is 16.7 Å². The molecule has 3 aromatic carbocycles. The Bertz CT molecular complexity index is 1110. The zero-order chi connectivity index (χ0) is 23.5. The molecular formula is C28H35NO3. The molecule has 0 atom stereocenters. The van der Waals surface area contributed by atoms with E-state index in [4.69, 9.17) is 4.74 Å². The van der Waals surface area contributed by atoms with E-state index in [2.05, 4.69) is 59.0 Å². The number of phenolic OH excluding ortho intramolecular Hbond substituents is 1. The Morgan fingerprint density at radius 1 is 0.938 bits per heavy atom. The lowest BCUT2D eigenvalue weighted by molar-refractivity contribution is 0.0916. The summed E-state index contributed by atoms with van der Waals surface area (Å²) in [4.78, 5) is 12.7. The molecule has 2 N–H and O–H groups in total. The topological polar surface area (TPSA) is 58.6 Å². The summed E-state index contributed by atoms with van der Waals surface area (Å²) in [5, 5.41) is 14.9. The second-order valence-electron chi connectivity index (χ2n) is 9.66. The van der Waals surface area contributed by atoms with Gasteiger partial charge in [0.1, 0.15) is 11.5 Å². The van der Waals surface area contributed by atoms with Gasteiger partial charge in [0.25, 0.3) is 5.91 Å². The SMILES string of the molecule is CCC(C)(C)c1ccc(OCNC(=O)c2ccc3ccccc3c2O)c(C(C)(C)CC)c1. The quantitative estimate of drug-likeness (QED) is 0.389. The maximum absolute atomic E-state index is 12.7. The number of carbonyl (C=O) groups is 1. The number of phenols is 1. The number of nitrogens with one attached hydrogen (secondary N) is 1. The summed E-state index contributed by atoms with van der Waals surface area (Å²) in [6, 6.07) is 17.3. The molecule has 0 aliphatic heterocycles. The molecular weight excluding hydrogens is 398 g/mol. The molecule has 4 heteroatoms. The van der Waals surface area contributed by atoms with Crippen LogP contribution in [-0.4, -0.2) is 17.7 Å². The van der Waals surface area contributed by atoms with Gasteiger partial charge in [-0.05, 0) is 46.8 Å². The summed E-state index contributed by atoms with van der Waals surface area (Å²) in [7, 11) is 0. The van der Waals surface area contributed by atoms with Gasteiger partial charge in [-0.25, -0.2) is 0 Å². The van der Waals surface area contributed by atoms with Crippen LogP contribution in [0.1, 0.15) is 75.9 Å². The highest BCUT2D eigenvalue weighted by molar-refractivity contribution is 6.03. The monoisotopic (exact) mass is 433 g/mol. The number of ether oxygens (including phenoxy) is 1.